The van der Waals surface area contributed by atoms with E-state index in [1.54, 1.807) is 12.1 Å². The predicted molar refractivity (Wildman–Crippen MR) is 69.9 cm³/mol. The molecule has 1 aromatic rings. The van der Waals surface area contributed by atoms with Gasteiger partial charge in [0.1, 0.15) is 5.82 Å². The van der Waals surface area contributed by atoms with Crippen LogP contribution in [0.5, 0.6) is 0 Å². The van der Waals surface area contributed by atoms with Gasteiger partial charge in [0, 0.05) is 18.8 Å². The van der Waals surface area contributed by atoms with Crippen molar-refractivity contribution in [3.05, 3.63) is 30.1 Å². The number of likely N-dealkylation sites (tertiary alicyclic amines) is 1. The maximum absolute atomic E-state index is 12.8. The summed E-state index contributed by atoms with van der Waals surface area (Å²) in [5.41, 5.74) is 0.632. The number of nitrogens with one attached hydrogen (secondary N) is 1. The second kappa shape index (κ2) is 5.38. The van der Waals surface area contributed by atoms with Gasteiger partial charge in [0.25, 0.3) is 0 Å². The molecule has 3 nitrogen and oxygen atoms in total. The summed E-state index contributed by atoms with van der Waals surface area (Å²) in [6, 6.07) is 5.74. The highest BCUT2D eigenvalue weighted by Crippen LogP contribution is 2.21. The van der Waals surface area contributed by atoms with Crippen molar-refractivity contribution in [1.82, 2.24) is 4.90 Å². The molecule has 1 saturated heterocycles. The molecule has 0 bridgehead atoms. The van der Waals surface area contributed by atoms with Crippen LogP contribution in [0.3, 0.4) is 0 Å². The monoisotopic (exact) mass is 250 g/mol. The Labute approximate surface area is 107 Å². The molecule has 1 aliphatic heterocycles. The van der Waals surface area contributed by atoms with Crippen LogP contribution in [0.25, 0.3) is 0 Å². The van der Waals surface area contributed by atoms with Gasteiger partial charge in [-0.3, -0.25) is 0 Å². The number of nitrogens with zero attached hydrogens (tertiary/aromatic N) is 1. The fourth-order valence-electron chi connectivity index (χ4n) is 2.56. The molecule has 2 amide bonds. The molecular weight excluding hydrogens is 231 g/mol. The van der Waals surface area contributed by atoms with Gasteiger partial charge in [0.2, 0.25) is 0 Å². The molecular formula is C14H19FN2O. The number of rotatable bonds is 1. The number of anilines is 1. The normalized spacial score (nSPS) is 23.8. The average molecular weight is 250 g/mol. The summed E-state index contributed by atoms with van der Waals surface area (Å²) in [7, 11) is 0. The Kier molecular flexibility index (Phi) is 3.84. The third-order valence-corrected chi connectivity index (χ3v) is 3.25. The van der Waals surface area contributed by atoms with Crippen LogP contribution >= 0.6 is 0 Å². The van der Waals surface area contributed by atoms with E-state index < -0.39 is 0 Å². The van der Waals surface area contributed by atoms with Gasteiger partial charge in [-0.2, -0.15) is 0 Å². The van der Waals surface area contributed by atoms with Crippen molar-refractivity contribution in [3.63, 3.8) is 0 Å². The number of hydrogen-bond donors (Lipinski definition) is 1. The topological polar surface area (TPSA) is 32.3 Å². The van der Waals surface area contributed by atoms with Crippen LogP contribution in [0.1, 0.15) is 20.3 Å². The Morgan fingerprint density at radius 2 is 1.78 bits per heavy atom. The highest BCUT2D eigenvalue weighted by molar-refractivity contribution is 5.89. The maximum Gasteiger partial charge on any atom is 0.321 e. The number of piperidine rings is 1. The molecule has 0 radical (unpaired) electrons. The van der Waals surface area contributed by atoms with Crippen molar-refractivity contribution in [1.29, 1.82) is 0 Å². The first-order valence-corrected chi connectivity index (χ1v) is 6.36. The van der Waals surface area contributed by atoms with E-state index in [2.05, 4.69) is 19.2 Å². The highest BCUT2D eigenvalue weighted by atomic mass is 19.1. The third kappa shape index (κ3) is 3.22. The van der Waals surface area contributed by atoms with E-state index in [0.29, 0.717) is 17.5 Å². The lowest BCUT2D eigenvalue weighted by atomic mass is 9.92. The number of carbonyl (C=O) groups excluding carboxylic acids is 1. The quantitative estimate of drug-likeness (QED) is 0.814. The number of hydrogen-bond acceptors (Lipinski definition) is 1. The molecule has 1 heterocycles. The van der Waals surface area contributed by atoms with Crippen molar-refractivity contribution in [3.8, 4) is 0 Å². The van der Waals surface area contributed by atoms with Gasteiger partial charge >= 0.3 is 6.03 Å². The molecule has 98 valence electrons. The molecule has 0 unspecified atom stereocenters. The van der Waals surface area contributed by atoms with Crippen molar-refractivity contribution in [2.24, 2.45) is 11.8 Å². The van der Waals surface area contributed by atoms with Gasteiger partial charge in [0.05, 0.1) is 0 Å². The van der Waals surface area contributed by atoms with Crippen LogP contribution < -0.4 is 5.32 Å². The molecule has 1 aliphatic rings. The Bertz CT molecular complexity index is 408. The Morgan fingerprint density at radius 1 is 1.22 bits per heavy atom. The van der Waals surface area contributed by atoms with Gasteiger partial charge in [-0.05, 0) is 42.5 Å². The van der Waals surface area contributed by atoms with Crippen LogP contribution in [0.4, 0.5) is 14.9 Å². The summed E-state index contributed by atoms with van der Waals surface area (Å²) in [6.07, 6.45) is 1.17. The minimum atomic E-state index is -0.298. The SMILES string of the molecule is C[C@@H]1C[C@@H](C)CN(C(=O)Nc2ccc(F)cc2)C1. The number of carbonyl (C=O) groups is 1. The van der Waals surface area contributed by atoms with E-state index >= 15 is 0 Å². The first kappa shape index (κ1) is 12.9. The van der Waals surface area contributed by atoms with Crippen LogP contribution in [0.2, 0.25) is 0 Å². The zero-order valence-electron chi connectivity index (χ0n) is 10.8. The largest absolute Gasteiger partial charge is 0.324 e. The van der Waals surface area contributed by atoms with E-state index in [1.807, 2.05) is 4.90 Å². The number of urea groups is 1. The number of halogens is 1. The Hall–Kier alpha value is -1.58. The molecule has 0 aromatic heterocycles. The summed E-state index contributed by atoms with van der Waals surface area (Å²) in [5, 5.41) is 2.80. The van der Waals surface area contributed by atoms with Gasteiger partial charge in [-0.25, -0.2) is 9.18 Å². The Morgan fingerprint density at radius 3 is 2.33 bits per heavy atom. The number of amides is 2. The highest BCUT2D eigenvalue weighted by Gasteiger charge is 2.25. The summed E-state index contributed by atoms with van der Waals surface area (Å²) in [4.78, 5) is 13.9. The lowest BCUT2D eigenvalue weighted by molar-refractivity contribution is 0.156. The summed E-state index contributed by atoms with van der Waals surface area (Å²) >= 11 is 0. The number of benzene rings is 1. The zero-order valence-corrected chi connectivity index (χ0v) is 10.8. The summed E-state index contributed by atoms with van der Waals surface area (Å²) in [6.45, 7) is 5.90. The lowest BCUT2D eigenvalue weighted by Gasteiger charge is -2.34. The summed E-state index contributed by atoms with van der Waals surface area (Å²) in [5.74, 6) is 0.772. The van der Waals surface area contributed by atoms with Gasteiger partial charge in [-0.1, -0.05) is 13.8 Å². The summed E-state index contributed by atoms with van der Waals surface area (Å²) < 4.78 is 12.8. The molecule has 4 heteroatoms. The zero-order chi connectivity index (χ0) is 13.1. The lowest BCUT2D eigenvalue weighted by Crippen LogP contribution is -2.44. The molecule has 0 saturated carbocycles. The van der Waals surface area contributed by atoms with Crippen LogP contribution in [0, 0.1) is 17.7 Å². The van der Waals surface area contributed by atoms with E-state index in [9.17, 15) is 9.18 Å². The second-order valence-electron chi connectivity index (χ2n) is 5.29. The fraction of sp³-hybridized carbons (Fsp3) is 0.500. The second-order valence-corrected chi connectivity index (χ2v) is 5.29. The van der Waals surface area contributed by atoms with Crippen molar-refractivity contribution in [2.75, 3.05) is 18.4 Å². The molecule has 1 N–H and O–H groups in total. The van der Waals surface area contributed by atoms with Gasteiger partial charge in [-0.15, -0.1) is 0 Å². The van der Waals surface area contributed by atoms with E-state index in [0.717, 1.165) is 13.1 Å². The minimum Gasteiger partial charge on any atom is -0.324 e. The van der Waals surface area contributed by atoms with Gasteiger partial charge in [0.15, 0.2) is 0 Å². The fourth-order valence-corrected chi connectivity index (χ4v) is 2.56. The van der Waals surface area contributed by atoms with Crippen molar-refractivity contribution < 1.29 is 9.18 Å². The molecule has 2 atom stereocenters. The Balaban J connectivity index is 1.97. The van der Waals surface area contributed by atoms with Crippen LogP contribution in [-0.2, 0) is 0 Å². The molecule has 2 rings (SSSR count). The predicted octanol–water partition coefficient (Wildman–Crippen LogP) is 3.34. The molecule has 0 aliphatic carbocycles. The molecule has 0 spiro atoms. The third-order valence-electron chi connectivity index (χ3n) is 3.25. The molecule has 1 fully saturated rings. The van der Waals surface area contributed by atoms with E-state index in [1.165, 1.54) is 18.6 Å². The first-order valence-electron chi connectivity index (χ1n) is 6.36. The van der Waals surface area contributed by atoms with Crippen LogP contribution in [-0.4, -0.2) is 24.0 Å². The molecule has 18 heavy (non-hydrogen) atoms. The van der Waals surface area contributed by atoms with Crippen LogP contribution in [0.15, 0.2) is 24.3 Å². The smallest absolute Gasteiger partial charge is 0.321 e. The molecule has 1 aromatic carbocycles. The van der Waals surface area contributed by atoms with E-state index in [4.69, 9.17) is 0 Å². The van der Waals surface area contributed by atoms with Crippen molar-refractivity contribution >= 4 is 11.7 Å². The average Bonchev–Trinajstić information content (AvgIpc) is 2.31. The standard InChI is InChI=1S/C14H19FN2O/c1-10-7-11(2)9-17(8-10)14(18)16-13-5-3-12(15)4-6-13/h3-6,10-11H,7-9H2,1-2H3,(H,16,18)/t10-,11-/m1/s1. The van der Waals surface area contributed by atoms with Gasteiger partial charge < -0.3 is 10.2 Å². The minimum absolute atomic E-state index is 0.0972. The van der Waals surface area contributed by atoms with Crippen molar-refractivity contribution in [2.45, 2.75) is 20.3 Å². The first-order chi connectivity index (χ1) is 8.54. The maximum atomic E-state index is 12.8. The van der Waals surface area contributed by atoms with E-state index in [-0.39, 0.29) is 11.8 Å².